The summed E-state index contributed by atoms with van der Waals surface area (Å²) in [6.45, 7) is 3.76. The summed E-state index contributed by atoms with van der Waals surface area (Å²) in [5.41, 5.74) is 4.12. The molecule has 0 bridgehead atoms. The molecule has 3 aromatic rings. The van der Waals surface area contributed by atoms with Gasteiger partial charge in [0.1, 0.15) is 11.6 Å². The molecule has 0 aliphatic carbocycles. The number of aromatic amines is 1. The van der Waals surface area contributed by atoms with E-state index >= 15 is 0 Å². The lowest BCUT2D eigenvalue weighted by atomic mass is 9.94. The lowest BCUT2D eigenvalue weighted by Crippen LogP contribution is -2.40. The van der Waals surface area contributed by atoms with Crippen molar-refractivity contribution in [2.24, 2.45) is 0 Å². The number of hydrogen-bond donors (Lipinski definition) is 3. The summed E-state index contributed by atoms with van der Waals surface area (Å²) < 4.78 is 19.3. The summed E-state index contributed by atoms with van der Waals surface area (Å²) >= 11 is 0. The van der Waals surface area contributed by atoms with Gasteiger partial charge in [0.05, 0.1) is 12.2 Å². The van der Waals surface area contributed by atoms with Crippen molar-refractivity contribution in [3.05, 3.63) is 77.6 Å². The van der Waals surface area contributed by atoms with Gasteiger partial charge in [-0.25, -0.2) is 9.37 Å². The van der Waals surface area contributed by atoms with Crippen LogP contribution in [0.1, 0.15) is 29.8 Å². The van der Waals surface area contributed by atoms with Gasteiger partial charge in [0.2, 0.25) is 0 Å². The minimum atomic E-state index is -0.368. The Balaban J connectivity index is 1.46. The van der Waals surface area contributed by atoms with Gasteiger partial charge in [-0.1, -0.05) is 12.1 Å². The number of piperidine rings is 1. The summed E-state index contributed by atoms with van der Waals surface area (Å²) in [7, 11) is 1.73. The molecule has 0 unspecified atom stereocenters. The van der Waals surface area contributed by atoms with Crippen LogP contribution in [0.5, 0.6) is 0 Å². The first-order valence-electron chi connectivity index (χ1n) is 11.6. The Morgan fingerprint density at radius 2 is 2.09 bits per heavy atom. The Kier molecular flexibility index (Phi) is 6.42. The maximum atomic E-state index is 14.1. The van der Waals surface area contributed by atoms with Gasteiger partial charge < -0.3 is 25.3 Å². The fraction of sp³-hybridized carbons (Fsp3) is 0.308. The molecule has 7 nitrogen and oxygen atoms in total. The lowest BCUT2D eigenvalue weighted by molar-refractivity contribution is -0.110. The van der Waals surface area contributed by atoms with Gasteiger partial charge in [-0.05, 0) is 48.7 Å². The van der Waals surface area contributed by atoms with Gasteiger partial charge in [0.25, 0.3) is 5.91 Å². The van der Waals surface area contributed by atoms with Crippen molar-refractivity contribution < 1.29 is 13.9 Å². The molecule has 8 heteroatoms. The summed E-state index contributed by atoms with van der Waals surface area (Å²) in [6.07, 6.45) is 5.41. The fourth-order valence-electron chi connectivity index (χ4n) is 4.71. The number of benzene rings is 2. The number of imidazole rings is 1. The number of methoxy groups -OCH3 is 1. The Hall–Kier alpha value is -3.49. The van der Waals surface area contributed by atoms with Gasteiger partial charge in [-0.3, -0.25) is 4.79 Å². The quantitative estimate of drug-likeness (QED) is 0.464. The molecule has 1 fully saturated rings. The number of halogens is 1. The third-order valence-corrected chi connectivity index (χ3v) is 6.43. The lowest BCUT2D eigenvalue weighted by Gasteiger charge is -2.32. The normalized spacial score (nSPS) is 18.0. The molecule has 1 aromatic heterocycles. The fourth-order valence-corrected chi connectivity index (χ4v) is 4.71. The first-order valence-corrected chi connectivity index (χ1v) is 11.6. The average Bonchev–Trinajstić information content (AvgIpc) is 3.48. The van der Waals surface area contributed by atoms with Crippen LogP contribution in [0.3, 0.4) is 0 Å². The molecule has 34 heavy (non-hydrogen) atoms. The van der Waals surface area contributed by atoms with Crippen molar-refractivity contribution in [3.8, 4) is 0 Å². The summed E-state index contributed by atoms with van der Waals surface area (Å²) in [5, 5.41) is 6.59. The number of rotatable bonds is 7. The number of nitrogens with zero attached hydrogens (tertiary/aromatic N) is 2. The summed E-state index contributed by atoms with van der Waals surface area (Å²) in [6, 6.07) is 12.5. The van der Waals surface area contributed by atoms with E-state index in [0.717, 1.165) is 56.0 Å². The minimum Gasteiger partial charge on any atom is -0.383 e. The Bertz CT molecular complexity index is 1200. The van der Waals surface area contributed by atoms with Gasteiger partial charge in [0.15, 0.2) is 0 Å². The molecule has 2 aliphatic rings. The predicted molar refractivity (Wildman–Crippen MR) is 131 cm³/mol. The first-order chi connectivity index (χ1) is 16.6. The average molecular weight is 462 g/mol. The number of likely N-dealkylation sites (tertiary alicyclic amines) is 1. The van der Waals surface area contributed by atoms with E-state index < -0.39 is 0 Å². The Morgan fingerprint density at radius 1 is 1.24 bits per heavy atom. The van der Waals surface area contributed by atoms with E-state index in [-0.39, 0.29) is 11.7 Å². The maximum absolute atomic E-state index is 14.1. The number of carbonyl (C=O) groups excluding carboxylic acids is 1. The number of H-pyrrole nitrogens is 1. The first kappa shape index (κ1) is 22.3. The van der Waals surface area contributed by atoms with E-state index in [9.17, 15) is 9.18 Å². The third kappa shape index (κ3) is 4.60. The molecule has 1 saturated heterocycles. The van der Waals surface area contributed by atoms with Gasteiger partial charge in [-0.15, -0.1) is 0 Å². The molecular formula is C26H28FN5O2. The highest BCUT2D eigenvalue weighted by molar-refractivity contribution is 6.38. The van der Waals surface area contributed by atoms with E-state index in [1.165, 1.54) is 12.1 Å². The second-order valence-electron chi connectivity index (χ2n) is 8.67. The van der Waals surface area contributed by atoms with E-state index in [0.29, 0.717) is 28.6 Å². The molecule has 2 aliphatic heterocycles. The molecule has 0 radical (unpaired) electrons. The second-order valence-corrected chi connectivity index (χ2v) is 8.67. The van der Waals surface area contributed by atoms with Crippen LogP contribution in [0.2, 0.25) is 0 Å². The Labute approximate surface area is 198 Å². The number of anilines is 2. The number of ether oxygens (including phenoxy) is 1. The summed E-state index contributed by atoms with van der Waals surface area (Å²) in [5.74, 6) is -0.0762. The molecule has 176 valence electrons. The van der Waals surface area contributed by atoms with Crippen LogP contribution in [-0.4, -0.2) is 60.2 Å². The summed E-state index contributed by atoms with van der Waals surface area (Å²) in [4.78, 5) is 23.0. The number of aromatic nitrogens is 2. The van der Waals surface area contributed by atoms with E-state index in [4.69, 9.17) is 4.74 Å². The molecule has 3 N–H and O–H groups in total. The number of hydrogen-bond acceptors (Lipinski definition) is 5. The van der Waals surface area contributed by atoms with Crippen molar-refractivity contribution in [1.29, 1.82) is 0 Å². The van der Waals surface area contributed by atoms with Crippen LogP contribution in [-0.2, 0) is 9.53 Å². The number of fused-ring (bicyclic) bond motifs is 1. The zero-order valence-corrected chi connectivity index (χ0v) is 19.1. The van der Waals surface area contributed by atoms with Crippen LogP contribution < -0.4 is 10.6 Å². The van der Waals surface area contributed by atoms with Crippen LogP contribution in [0.25, 0.3) is 11.1 Å². The molecule has 2 aromatic carbocycles. The van der Waals surface area contributed by atoms with Gasteiger partial charge >= 0.3 is 0 Å². The van der Waals surface area contributed by atoms with Crippen LogP contribution >= 0.6 is 0 Å². The molecule has 5 rings (SSSR count). The van der Waals surface area contributed by atoms with Crippen molar-refractivity contribution in [1.82, 2.24) is 14.9 Å². The highest BCUT2D eigenvalue weighted by atomic mass is 19.1. The predicted octanol–water partition coefficient (Wildman–Crippen LogP) is 3.98. The molecule has 0 atom stereocenters. The topological polar surface area (TPSA) is 82.3 Å². The second kappa shape index (κ2) is 9.79. The molecule has 0 saturated carbocycles. The number of amides is 1. The van der Waals surface area contributed by atoms with Gasteiger partial charge in [-0.2, -0.15) is 0 Å². The third-order valence-electron chi connectivity index (χ3n) is 6.43. The molecule has 3 heterocycles. The van der Waals surface area contributed by atoms with Crippen molar-refractivity contribution >= 4 is 28.4 Å². The molecular weight excluding hydrogens is 433 g/mol. The van der Waals surface area contributed by atoms with Crippen LogP contribution in [0.15, 0.2) is 54.9 Å². The maximum Gasteiger partial charge on any atom is 0.257 e. The molecule has 0 spiro atoms. The zero-order valence-electron chi connectivity index (χ0n) is 19.1. The highest BCUT2D eigenvalue weighted by Gasteiger charge is 2.30. The number of carbonyl (C=O) groups is 1. The molecule has 1 amide bonds. The van der Waals surface area contributed by atoms with E-state index in [1.54, 1.807) is 31.6 Å². The SMILES string of the molecule is COCCN1CCC(Nc2ccc3c(c2)/C(=C(\c2cccc(F)c2)c2ncc[nH]2)C(=O)N3)CC1. The van der Waals surface area contributed by atoms with Crippen LogP contribution in [0, 0.1) is 5.82 Å². The standard InChI is InChI=1S/C26H28FN5O2/c1-34-14-13-32-11-7-19(8-12-32)30-20-5-6-22-21(16-20)24(26(33)31-22)23(25-28-9-10-29-25)17-3-2-4-18(27)15-17/h2-6,9-10,15-16,19,30H,7-8,11-14H2,1H3,(H,28,29)(H,31,33)/b24-23-. The van der Waals surface area contributed by atoms with Crippen LogP contribution in [0.4, 0.5) is 15.8 Å². The van der Waals surface area contributed by atoms with Crippen molar-refractivity contribution in [3.63, 3.8) is 0 Å². The highest BCUT2D eigenvalue weighted by Crippen LogP contribution is 2.40. The minimum absolute atomic E-state index is 0.228. The van der Waals surface area contributed by atoms with E-state index in [1.807, 2.05) is 18.2 Å². The van der Waals surface area contributed by atoms with Crippen molar-refractivity contribution in [2.75, 3.05) is 44.0 Å². The largest absolute Gasteiger partial charge is 0.383 e. The van der Waals surface area contributed by atoms with Gasteiger partial charge in [0, 0.05) is 67.7 Å². The van der Waals surface area contributed by atoms with Crippen molar-refractivity contribution in [2.45, 2.75) is 18.9 Å². The zero-order chi connectivity index (χ0) is 23.5. The van der Waals surface area contributed by atoms with E-state index in [2.05, 4.69) is 25.5 Å². The number of nitrogens with one attached hydrogen (secondary N) is 3. The Morgan fingerprint density at radius 3 is 2.82 bits per heavy atom. The monoisotopic (exact) mass is 461 g/mol. The smallest absolute Gasteiger partial charge is 0.257 e.